The van der Waals surface area contributed by atoms with E-state index in [4.69, 9.17) is 6.57 Å². The average Bonchev–Trinajstić information content (AvgIpc) is 3.42. The molecule has 0 aliphatic heterocycles. The van der Waals surface area contributed by atoms with Gasteiger partial charge in [0.1, 0.15) is 11.6 Å². The van der Waals surface area contributed by atoms with Gasteiger partial charge in [0, 0.05) is 39.5 Å². The Hall–Kier alpha value is -7.68. The molecule has 6 aromatic rings. The highest BCUT2D eigenvalue weighted by molar-refractivity contribution is 5.97. The molecule has 0 spiro atoms. The summed E-state index contributed by atoms with van der Waals surface area (Å²) in [5.41, 5.74) is 10.4. The molecule has 0 fully saturated rings. The number of nitriles is 1. The van der Waals surface area contributed by atoms with Crippen LogP contribution in [0.25, 0.3) is 28.1 Å². The van der Waals surface area contributed by atoms with Crippen LogP contribution in [0.15, 0.2) is 157 Å². The van der Waals surface area contributed by atoms with E-state index in [-0.39, 0.29) is 16.7 Å². The lowest BCUT2D eigenvalue weighted by atomic mass is 9.82. The van der Waals surface area contributed by atoms with E-state index < -0.39 is 11.9 Å². The molecule has 0 amide bonds. The lowest BCUT2D eigenvalue weighted by Gasteiger charge is -2.29. The van der Waals surface area contributed by atoms with Crippen molar-refractivity contribution in [2.75, 3.05) is 9.80 Å². The van der Waals surface area contributed by atoms with Crippen LogP contribution < -0.4 is 9.80 Å². The zero-order valence-electron chi connectivity index (χ0n) is 30.0. The number of carbonyl (C=O) groups is 2. The van der Waals surface area contributed by atoms with Gasteiger partial charge in [-0.25, -0.2) is 9.64 Å². The van der Waals surface area contributed by atoms with Crippen molar-refractivity contribution in [3.05, 3.63) is 191 Å². The number of aliphatic carboxylic acids is 2. The number of rotatable bonds is 10. The molecule has 8 nitrogen and oxygen atoms in total. The molecule has 7 rings (SSSR count). The molecule has 0 bridgehead atoms. The second-order valence-electron chi connectivity index (χ2n) is 13.5. The zero-order valence-corrected chi connectivity index (χ0v) is 30.0. The minimum atomic E-state index is -1.27. The van der Waals surface area contributed by atoms with Gasteiger partial charge in [-0.2, -0.15) is 5.26 Å². The van der Waals surface area contributed by atoms with Crippen molar-refractivity contribution >= 4 is 58.2 Å². The van der Waals surface area contributed by atoms with Gasteiger partial charge in [-0.15, -0.1) is 0 Å². The Kier molecular flexibility index (Phi) is 9.58. The van der Waals surface area contributed by atoms with Crippen molar-refractivity contribution in [3.63, 3.8) is 0 Å². The summed E-state index contributed by atoms with van der Waals surface area (Å²) >= 11 is 0. The molecule has 0 heterocycles. The van der Waals surface area contributed by atoms with Gasteiger partial charge in [0.2, 0.25) is 0 Å². The van der Waals surface area contributed by atoms with Crippen LogP contribution in [0.1, 0.15) is 36.1 Å². The molecular weight excluding hydrogens is 685 g/mol. The smallest absolute Gasteiger partial charge is 0.346 e. The predicted molar refractivity (Wildman–Crippen MR) is 217 cm³/mol. The molecule has 0 radical (unpaired) electrons. The van der Waals surface area contributed by atoms with Crippen molar-refractivity contribution in [3.8, 4) is 17.2 Å². The minimum Gasteiger partial charge on any atom is -0.486 e. The van der Waals surface area contributed by atoms with Crippen molar-refractivity contribution in [1.82, 2.24) is 0 Å². The van der Waals surface area contributed by atoms with Gasteiger partial charge in [0.15, 0.2) is 0 Å². The van der Waals surface area contributed by atoms with Gasteiger partial charge in [-0.3, -0.25) is 4.79 Å². The summed E-state index contributed by atoms with van der Waals surface area (Å²) in [4.78, 5) is 30.3. The molecule has 0 saturated heterocycles. The summed E-state index contributed by atoms with van der Waals surface area (Å²) in [5.74, 6) is -2.53. The van der Waals surface area contributed by atoms with Crippen LogP contribution in [0, 0.1) is 17.9 Å². The van der Waals surface area contributed by atoms with E-state index in [1.54, 1.807) is 6.07 Å². The SMILES string of the molecule is [C-]#[N+]C(=Cc1ccc(N(c2ccccc2)c2ccc3c(c2)C(C)(C)c2cc(N(c4ccccc4)c4ccc(C=C(C#N)C(=O)O)cc4)ccc2-3)cc1)C(=O)O. The van der Waals surface area contributed by atoms with Crippen LogP contribution in [-0.2, 0) is 15.0 Å². The van der Waals surface area contributed by atoms with Gasteiger partial charge in [0.05, 0.1) is 6.57 Å². The van der Waals surface area contributed by atoms with E-state index in [0.717, 1.165) is 45.3 Å². The summed E-state index contributed by atoms with van der Waals surface area (Å²) in [6.45, 7) is 11.7. The van der Waals surface area contributed by atoms with E-state index in [9.17, 15) is 25.1 Å². The zero-order chi connectivity index (χ0) is 38.7. The van der Waals surface area contributed by atoms with E-state index >= 15 is 0 Å². The molecule has 6 aromatic carbocycles. The molecule has 0 unspecified atom stereocenters. The first kappa shape index (κ1) is 35.7. The minimum absolute atomic E-state index is 0.331. The fourth-order valence-corrected chi connectivity index (χ4v) is 7.09. The van der Waals surface area contributed by atoms with Gasteiger partial charge >= 0.3 is 11.9 Å². The van der Waals surface area contributed by atoms with Crippen LogP contribution in [-0.4, -0.2) is 22.2 Å². The van der Waals surface area contributed by atoms with E-state index in [1.807, 2.05) is 109 Å². The van der Waals surface area contributed by atoms with Gasteiger partial charge in [0.25, 0.3) is 5.70 Å². The standard InChI is InChI=1S/C47H34N4O4/c1-47(2)42-28-38(50(34-10-6-4-7-11-34)36-18-14-31(15-19-36)26-33(30-48)45(52)53)22-24-40(42)41-25-23-39(29-43(41)47)51(35-12-8-5-9-13-35)37-20-16-32(17-21-37)27-44(49-3)46(54)55/h4-29H,1-2H3,(H,52,53)(H,54,55). The van der Waals surface area contributed by atoms with Crippen LogP contribution in [0.4, 0.5) is 34.1 Å². The number of hydrogen-bond donors (Lipinski definition) is 2. The number of fused-ring (bicyclic) bond motifs is 3. The fraction of sp³-hybridized carbons (Fsp3) is 0.0638. The monoisotopic (exact) mass is 718 g/mol. The maximum Gasteiger partial charge on any atom is 0.346 e. The lowest BCUT2D eigenvalue weighted by molar-refractivity contribution is -0.133. The maximum atomic E-state index is 11.4. The Morgan fingerprint density at radius 1 is 0.600 bits per heavy atom. The molecule has 0 saturated carbocycles. The highest BCUT2D eigenvalue weighted by Crippen LogP contribution is 2.52. The van der Waals surface area contributed by atoms with E-state index in [2.05, 4.69) is 64.9 Å². The Labute approximate surface area is 319 Å². The number of hydrogen-bond acceptors (Lipinski definition) is 5. The van der Waals surface area contributed by atoms with Crippen LogP contribution in [0.5, 0.6) is 0 Å². The number of anilines is 6. The number of para-hydroxylation sites is 2. The third kappa shape index (κ3) is 6.96. The molecule has 0 aromatic heterocycles. The first-order valence-electron chi connectivity index (χ1n) is 17.5. The van der Waals surface area contributed by atoms with Crippen LogP contribution in [0.3, 0.4) is 0 Å². The van der Waals surface area contributed by atoms with Gasteiger partial charge in [-0.1, -0.05) is 86.6 Å². The summed E-state index contributed by atoms with van der Waals surface area (Å²) < 4.78 is 0. The van der Waals surface area contributed by atoms with Crippen LogP contribution >= 0.6 is 0 Å². The fourth-order valence-electron chi connectivity index (χ4n) is 7.09. The normalized spacial score (nSPS) is 12.8. The number of carboxylic acids is 2. The molecule has 0 atom stereocenters. The maximum absolute atomic E-state index is 11.4. The van der Waals surface area contributed by atoms with Gasteiger partial charge < -0.3 is 20.0 Å². The largest absolute Gasteiger partial charge is 0.486 e. The van der Waals surface area contributed by atoms with Crippen molar-refractivity contribution in [2.45, 2.75) is 19.3 Å². The molecule has 266 valence electrons. The Morgan fingerprint density at radius 3 is 1.38 bits per heavy atom. The van der Waals surface area contributed by atoms with Crippen molar-refractivity contribution in [1.29, 1.82) is 5.26 Å². The quantitative estimate of drug-likeness (QED) is 0.0824. The highest BCUT2D eigenvalue weighted by Gasteiger charge is 2.37. The Balaban J connectivity index is 1.28. The lowest BCUT2D eigenvalue weighted by Crippen LogP contribution is -2.17. The van der Waals surface area contributed by atoms with Crippen molar-refractivity contribution in [2.24, 2.45) is 0 Å². The van der Waals surface area contributed by atoms with Crippen molar-refractivity contribution < 1.29 is 19.8 Å². The molecule has 1 aliphatic rings. The predicted octanol–water partition coefficient (Wildman–Crippen LogP) is 11.3. The summed E-state index contributed by atoms with van der Waals surface area (Å²) in [6, 6.07) is 49.8. The molecule has 8 heteroatoms. The topological polar surface area (TPSA) is 109 Å². The summed E-state index contributed by atoms with van der Waals surface area (Å²) in [5, 5.41) is 27.9. The average molecular weight is 719 g/mol. The van der Waals surface area contributed by atoms with Crippen LogP contribution in [0.2, 0.25) is 0 Å². The number of carboxylic acid groups (broad SMARTS) is 2. The molecule has 2 N–H and O–H groups in total. The molecular formula is C47H34N4O4. The first-order chi connectivity index (χ1) is 26.6. The summed E-state index contributed by atoms with van der Waals surface area (Å²) in [6.07, 6.45) is 2.73. The summed E-state index contributed by atoms with van der Waals surface area (Å²) in [7, 11) is 0. The molecule has 1 aliphatic carbocycles. The third-order valence-corrected chi connectivity index (χ3v) is 9.80. The number of benzene rings is 6. The second kappa shape index (κ2) is 14.7. The van der Waals surface area contributed by atoms with E-state index in [0.29, 0.717) is 11.1 Å². The Bertz CT molecular complexity index is 2400. The third-order valence-electron chi connectivity index (χ3n) is 9.80. The number of nitrogens with zero attached hydrogens (tertiary/aromatic N) is 4. The van der Waals surface area contributed by atoms with Gasteiger partial charge in [-0.05, 0) is 118 Å². The Morgan fingerprint density at radius 2 is 1.00 bits per heavy atom. The first-order valence-corrected chi connectivity index (χ1v) is 17.5. The van der Waals surface area contributed by atoms with E-state index in [1.165, 1.54) is 23.3 Å². The highest BCUT2D eigenvalue weighted by atomic mass is 16.4. The molecule has 55 heavy (non-hydrogen) atoms. The second-order valence-corrected chi connectivity index (χ2v) is 13.5.